The molecule has 6 heteroatoms. The van der Waals surface area contributed by atoms with E-state index in [0.29, 0.717) is 18.7 Å². The molecule has 0 bridgehead atoms. The Hall–Kier alpha value is -4.16. The van der Waals surface area contributed by atoms with Crippen molar-refractivity contribution in [2.75, 3.05) is 13.6 Å². The molecule has 0 aliphatic heterocycles. The first-order valence-electron chi connectivity index (χ1n) is 12.0. The van der Waals surface area contributed by atoms with Crippen molar-refractivity contribution in [3.63, 3.8) is 0 Å². The lowest BCUT2D eigenvalue weighted by atomic mass is 10.0. The number of benzene rings is 3. The van der Waals surface area contributed by atoms with Crippen molar-refractivity contribution < 1.29 is 14.0 Å². The Morgan fingerprint density at radius 3 is 2.17 bits per heavy atom. The molecule has 36 heavy (non-hydrogen) atoms. The van der Waals surface area contributed by atoms with Crippen LogP contribution in [0.25, 0.3) is 11.1 Å². The monoisotopic (exact) mass is 481 g/mol. The van der Waals surface area contributed by atoms with Crippen LogP contribution in [0.3, 0.4) is 0 Å². The first kappa shape index (κ1) is 24.9. The predicted octanol–water partition coefficient (Wildman–Crippen LogP) is 5.19. The van der Waals surface area contributed by atoms with Crippen LogP contribution in [0.2, 0.25) is 0 Å². The molecular formula is C30H31N3O3. The molecular weight excluding hydrogens is 450 g/mol. The van der Waals surface area contributed by atoms with Gasteiger partial charge in [-0.05, 0) is 53.4 Å². The molecule has 1 atom stereocenters. The van der Waals surface area contributed by atoms with E-state index in [1.54, 1.807) is 25.4 Å². The van der Waals surface area contributed by atoms with Gasteiger partial charge < -0.3 is 15.1 Å². The zero-order valence-electron chi connectivity index (χ0n) is 20.6. The second-order valence-electron chi connectivity index (χ2n) is 8.78. The second-order valence-corrected chi connectivity index (χ2v) is 8.78. The van der Waals surface area contributed by atoms with Gasteiger partial charge >= 0.3 is 0 Å². The molecule has 2 amide bonds. The average Bonchev–Trinajstić information content (AvgIpc) is 3.42. The van der Waals surface area contributed by atoms with Crippen LogP contribution in [0.4, 0.5) is 0 Å². The van der Waals surface area contributed by atoms with Gasteiger partial charge in [0, 0.05) is 19.2 Å². The molecule has 4 rings (SSSR count). The smallest absolute Gasteiger partial charge is 0.251 e. The summed E-state index contributed by atoms with van der Waals surface area (Å²) in [6.45, 7) is 3.24. The molecule has 3 aromatic carbocycles. The van der Waals surface area contributed by atoms with E-state index in [0.717, 1.165) is 28.0 Å². The minimum Gasteiger partial charge on any atom is -0.468 e. The van der Waals surface area contributed by atoms with Crippen molar-refractivity contribution in [3.8, 4) is 11.1 Å². The quantitative estimate of drug-likeness (QED) is 0.327. The van der Waals surface area contributed by atoms with Crippen LogP contribution in [0.15, 0.2) is 102 Å². The molecule has 1 aromatic heterocycles. The lowest BCUT2D eigenvalue weighted by Gasteiger charge is -2.23. The Morgan fingerprint density at radius 2 is 1.53 bits per heavy atom. The van der Waals surface area contributed by atoms with Crippen LogP contribution in [-0.4, -0.2) is 30.3 Å². The fourth-order valence-corrected chi connectivity index (χ4v) is 4.12. The van der Waals surface area contributed by atoms with Crippen molar-refractivity contribution in [2.45, 2.75) is 26.1 Å². The highest BCUT2D eigenvalue weighted by molar-refractivity contribution is 5.93. The summed E-state index contributed by atoms with van der Waals surface area (Å²) in [4.78, 5) is 26.8. The Balaban J connectivity index is 1.39. The van der Waals surface area contributed by atoms with Crippen molar-refractivity contribution in [2.24, 2.45) is 0 Å². The third-order valence-corrected chi connectivity index (χ3v) is 6.07. The zero-order chi connectivity index (χ0) is 25.3. The lowest BCUT2D eigenvalue weighted by molar-refractivity contribution is -0.123. The molecule has 0 spiro atoms. The Labute approximate surface area is 211 Å². The Bertz CT molecular complexity index is 1250. The lowest BCUT2D eigenvalue weighted by Crippen LogP contribution is -2.37. The highest BCUT2D eigenvalue weighted by Crippen LogP contribution is 2.22. The molecule has 0 radical (unpaired) electrons. The van der Waals surface area contributed by atoms with E-state index in [1.165, 1.54) is 0 Å². The van der Waals surface area contributed by atoms with E-state index in [1.807, 2.05) is 54.3 Å². The molecule has 4 aromatic rings. The van der Waals surface area contributed by atoms with Gasteiger partial charge in [0.05, 0.1) is 25.4 Å². The van der Waals surface area contributed by atoms with Gasteiger partial charge in [-0.2, -0.15) is 0 Å². The van der Waals surface area contributed by atoms with Crippen LogP contribution in [0.5, 0.6) is 0 Å². The van der Waals surface area contributed by atoms with E-state index < -0.39 is 0 Å². The minimum atomic E-state index is -0.126. The third-order valence-electron chi connectivity index (χ3n) is 6.07. The average molecular weight is 482 g/mol. The summed E-state index contributed by atoms with van der Waals surface area (Å²) in [5, 5.41) is 5.74. The van der Waals surface area contributed by atoms with E-state index in [2.05, 4.69) is 47.0 Å². The SMILES string of the molecule is CNC(=O)c1ccc(CN(CC(=O)N[C@H](C)c2ccc(-c3ccccc3)cc2)Cc2ccco2)cc1. The summed E-state index contributed by atoms with van der Waals surface area (Å²) in [7, 11) is 1.61. The summed E-state index contributed by atoms with van der Waals surface area (Å²) in [6.07, 6.45) is 1.63. The van der Waals surface area contributed by atoms with Crippen molar-refractivity contribution >= 4 is 11.8 Å². The number of furan rings is 1. The highest BCUT2D eigenvalue weighted by atomic mass is 16.3. The molecule has 2 N–H and O–H groups in total. The number of nitrogens with zero attached hydrogens (tertiary/aromatic N) is 1. The molecule has 0 unspecified atom stereocenters. The fourth-order valence-electron chi connectivity index (χ4n) is 4.12. The number of nitrogens with one attached hydrogen (secondary N) is 2. The second kappa shape index (κ2) is 12.0. The number of rotatable bonds is 10. The van der Waals surface area contributed by atoms with Gasteiger partial charge in [-0.25, -0.2) is 0 Å². The normalized spacial score (nSPS) is 11.8. The molecule has 1 heterocycles. The molecule has 6 nitrogen and oxygen atoms in total. The zero-order valence-corrected chi connectivity index (χ0v) is 20.6. The van der Waals surface area contributed by atoms with Gasteiger partial charge in [-0.15, -0.1) is 0 Å². The summed E-state index contributed by atoms with van der Waals surface area (Å²) >= 11 is 0. The highest BCUT2D eigenvalue weighted by Gasteiger charge is 2.16. The van der Waals surface area contributed by atoms with Crippen LogP contribution in [0, 0.1) is 0 Å². The molecule has 0 aliphatic rings. The van der Waals surface area contributed by atoms with Crippen LogP contribution in [0.1, 0.15) is 40.2 Å². The first-order valence-corrected chi connectivity index (χ1v) is 12.0. The maximum absolute atomic E-state index is 13.0. The predicted molar refractivity (Wildman–Crippen MR) is 141 cm³/mol. The molecule has 0 fully saturated rings. The summed E-state index contributed by atoms with van der Waals surface area (Å²) in [5.41, 5.74) is 4.96. The van der Waals surface area contributed by atoms with Gasteiger partial charge in [0.2, 0.25) is 5.91 Å². The topological polar surface area (TPSA) is 74.6 Å². The minimum absolute atomic E-state index is 0.0665. The number of hydrogen-bond acceptors (Lipinski definition) is 4. The van der Waals surface area contributed by atoms with Gasteiger partial charge in [-0.3, -0.25) is 14.5 Å². The number of amides is 2. The molecule has 0 saturated carbocycles. The van der Waals surface area contributed by atoms with Crippen molar-refractivity contribution in [1.29, 1.82) is 0 Å². The van der Waals surface area contributed by atoms with Gasteiger partial charge in [0.25, 0.3) is 5.91 Å². The first-order chi connectivity index (χ1) is 17.5. The fraction of sp³-hybridized carbons (Fsp3) is 0.200. The van der Waals surface area contributed by atoms with Gasteiger partial charge in [-0.1, -0.05) is 66.7 Å². The number of hydrogen-bond donors (Lipinski definition) is 2. The largest absolute Gasteiger partial charge is 0.468 e. The van der Waals surface area contributed by atoms with Crippen LogP contribution >= 0.6 is 0 Å². The Kier molecular flexibility index (Phi) is 8.32. The Morgan fingerprint density at radius 1 is 0.833 bits per heavy atom. The standard InChI is InChI=1S/C30H31N3O3/c1-22(24-14-16-26(17-15-24)25-7-4-3-5-8-25)32-29(34)21-33(20-28-9-6-18-36-28)19-23-10-12-27(13-11-23)30(35)31-2/h3-18,22H,19-21H2,1-2H3,(H,31,35)(H,32,34)/t22-/m1/s1. The summed E-state index contributed by atoms with van der Waals surface area (Å²) in [5.74, 6) is 0.594. The molecule has 0 saturated heterocycles. The molecule has 184 valence electrons. The number of carbonyl (C=O) groups excluding carboxylic acids is 2. The maximum Gasteiger partial charge on any atom is 0.251 e. The van der Waals surface area contributed by atoms with E-state index in [-0.39, 0.29) is 24.4 Å². The summed E-state index contributed by atoms with van der Waals surface area (Å²) in [6, 6.07) is 29.5. The maximum atomic E-state index is 13.0. The summed E-state index contributed by atoms with van der Waals surface area (Å²) < 4.78 is 5.52. The number of carbonyl (C=O) groups is 2. The van der Waals surface area contributed by atoms with E-state index in [4.69, 9.17) is 4.42 Å². The van der Waals surface area contributed by atoms with Crippen molar-refractivity contribution in [3.05, 3.63) is 120 Å². The van der Waals surface area contributed by atoms with Gasteiger partial charge in [0.1, 0.15) is 5.76 Å². The van der Waals surface area contributed by atoms with Gasteiger partial charge in [0.15, 0.2) is 0 Å². The third kappa shape index (κ3) is 6.71. The van der Waals surface area contributed by atoms with Crippen LogP contribution in [-0.2, 0) is 17.9 Å². The van der Waals surface area contributed by atoms with E-state index in [9.17, 15) is 9.59 Å². The van der Waals surface area contributed by atoms with Crippen molar-refractivity contribution in [1.82, 2.24) is 15.5 Å². The van der Waals surface area contributed by atoms with Crippen LogP contribution < -0.4 is 10.6 Å². The van der Waals surface area contributed by atoms with E-state index >= 15 is 0 Å². The molecule has 0 aliphatic carbocycles.